The third-order valence-corrected chi connectivity index (χ3v) is 6.43. The topological polar surface area (TPSA) is 73.5 Å². The number of amides is 4. The van der Waals surface area contributed by atoms with Crippen molar-refractivity contribution in [3.05, 3.63) is 0 Å². The van der Waals surface area contributed by atoms with Crippen LogP contribution in [0.25, 0.3) is 0 Å². The molecule has 6 nitrogen and oxygen atoms in total. The Hall–Kier alpha value is -1.46. The van der Waals surface area contributed by atoms with E-state index in [2.05, 4.69) is 16.0 Å². The summed E-state index contributed by atoms with van der Waals surface area (Å²) >= 11 is 0. The van der Waals surface area contributed by atoms with Crippen LogP contribution in [0.15, 0.2) is 0 Å². The number of piperidine rings is 1. The van der Waals surface area contributed by atoms with E-state index in [-0.39, 0.29) is 12.1 Å². The molecule has 6 heteroatoms. The molecule has 0 aromatic rings. The highest BCUT2D eigenvalue weighted by atomic mass is 16.2. The molecule has 148 valence electrons. The highest BCUT2D eigenvalue weighted by Crippen LogP contribution is 2.35. The normalized spacial score (nSPS) is 26.7. The molecule has 3 fully saturated rings. The van der Waals surface area contributed by atoms with Gasteiger partial charge in [-0.25, -0.2) is 9.59 Å². The van der Waals surface area contributed by atoms with Crippen LogP contribution in [0, 0.1) is 11.8 Å². The standard InChI is InChI=1S/C20H36N4O2/c25-19(23-18-9-2-1-3-10-18)21-12-6-13-22-20(26)24-14-11-16-7-4-5-8-17(16)15-24/h16-18H,1-15H2,(H,22,26)(H2,21,23,25). The largest absolute Gasteiger partial charge is 0.338 e. The lowest BCUT2D eigenvalue weighted by atomic mass is 9.75. The van der Waals surface area contributed by atoms with Gasteiger partial charge in [-0.05, 0) is 43.9 Å². The Morgan fingerprint density at radius 2 is 1.50 bits per heavy atom. The van der Waals surface area contributed by atoms with Crippen molar-refractivity contribution in [2.24, 2.45) is 11.8 Å². The Balaban J connectivity index is 1.24. The fourth-order valence-electron chi connectivity index (χ4n) is 4.87. The van der Waals surface area contributed by atoms with Crippen LogP contribution in [-0.2, 0) is 0 Å². The molecule has 0 bridgehead atoms. The van der Waals surface area contributed by atoms with Crippen LogP contribution in [0.1, 0.15) is 70.6 Å². The first-order valence-electron chi connectivity index (χ1n) is 10.8. The molecular weight excluding hydrogens is 328 g/mol. The summed E-state index contributed by atoms with van der Waals surface area (Å²) in [5.74, 6) is 1.56. The number of nitrogens with zero attached hydrogens (tertiary/aromatic N) is 1. The summed E-state index contributed by atoms with van der Waals surface area (Å²) in [5, 5.41) is 8.97. The molecule has 2 saturated carbocycles. The van der Waals surface area contributed by atoms with Gasteiger partial charge in [0.05, 0.1) is 0 Å². The van der Waals surface area contributed by atoms with E-state index in [9.17, 15) is 9.59 Å². The number of nitrogens with one attached hydrogen (secondary N) is 3. The van der Waals surface area contributed by atoms with Gasteiger partial charge in [-0.1, -0.05) is 38.5 Å². The van der Waals surface area contributed by atoms with Crippen LogP contribution in [0.2, 0.25) is 0 Å². The second kappa shape index (κ2) is 10.0. The van der Waals surface area contributed by atoms with Crippen molar-refractivity contribution in [1.29, 1.82) is 0 Å². The minimum absolute atomic E-state index is 0.0670. The number of hydrogen-bond acceptors (Lipinski definition) is 2. The molecule has 1 aliphatic heterocycles. The first-order chi connectivity index (χ1) is 12.7. The van der Waals surface area contributed by atoms with Crippen LogP contribution in [-0.4, -0.2) is 49.2 Å². The van der Waals surface area contributed by atoms with Gasteiger partial charge in [0.15, 0.2) is 0 Å². The predicted octanol–water partition coefficient (Wildman–Crippen LogP) is 3.23. The molecular formula is C20H36N4O2. The fraction of sp³-hybridized carbons (Fsp3) is 0.900. The van der Waals surface area contributed by atoms with E-state index >= 15 is 0 Å². The van der Waals surface area contributed by atoms with E-state index < -0.39 is 0 Å². The quantitative estimate of drug-likeness (QED) is 0.655. The Labute approximate surface area is 157 Å². The van der Waals surface area contributed by atoms with E-state index in [1.807, 2.05) is 4.90 Å². The van der Waals surface area contributed by atoms with E-state index in [1.165, 1.54) is 51.4 Å². The maximum atomic E-state index is 12.3. The summed E-state index contributed by atoms with van der Waals surface area (Å²) in [7, 11) is 0. The highest BCUT2D eigenvalue weighted by Gasteiger charge is 2.32. The summed E-state index contributed by atoms with van der Waals surface area (Å²) in [5.41, 5.74) is 0. The van der Waals surface area contributed by atoms with Gasteiger partial charge < -0.3 is 20.9 Å². The molecule has 2 unspecified atom stereocenters. The van der Waals surface area contributed by atoms with E-state index in [0.717, 1.165) is 38.3 Å². The maximum absolute atomic E-state index is 12.3. The van der Waals surface area contributed by atoms with Crippen molar-refractivity contribution < 1.29 is 9.59 Å². The van der Waals surface area contributed by atoms with Gasteiger partial charge in [-0.15, -0.1) is 0 Å². The van der Waals surface area contributed by atoms with E-state index in [4.69, 9.17) is 0 Å². The fourth-order valence-corrected chi connectivity index (χ4v) is 4.87. The summed E-state index contributed by atoms with van der Waals surface area (Å²) in [6.07, 6.45) is 13.2. The van der Waals surface area contributed by atoms with Crippen molar-refractivity contribution in [2.45, 2.75) is 76.7 Å². The second-order valence-electron chi connectivity index (χ2n) is 8.36. The van der Waals surface area contributed by atoms with Crippen molar-refractivity contribution in [1.82, 2.24) is 20.9 Å². The lowest BCUT2D eigenvalue weighted by Crippen LogP contribution is -2.49. The molecule has 26 heavy (non-hydrogen) atoms. The number of urea groups is 2. The van der Waals surface area contributed by atoms with Crippen molar-refractivity contribution in [3.63, 3.8) is 0 Å². The number of carbonyl (C=O) groups excluding carboxylic acids is 2. The zero-order valence-corrected chi connectivity index (χ0v) is 16.1. The maximum Gasteiger partial charge on any atom is 0.317 e. The van der Waals surface area contributed by atoms with Crippen LogP contribution in [0.4, 0.5) is 9.59 Å². The molecule has 2 atom stereocenters. The molecule has 0 aromatic carbocycles. The lowest BCUT2D eigenvalue weighted by Gasteiger charge is -2.41. The minimum atomic E-state index is -0.0670. The molecule has 2 aliphatic carbocycles. The van der Waals surface area contributed by atoms with Gasteiger partial charge in [-0.2, -0.15) is 0 Å². The van der Waals surface area contributed by atoms with Crippen LogP contribution < -0.4 is 16.0 Å². The average Bonchev–Trinajstić information content (AvgIpc) is 2.68. The van der Waals surface area contributed by atoms with Gasteiger partial charge in [0.25, 0.3) is 0 Å². The predicted molar refractivity (Wildman–Crippen MR) is 103 cm³/mol. The summed E-state index contributed by atoms with van der Waals surface area (Å²) < 4.78 is 0. The molecule has 3 N–H and O–H groups in total. The van der Waals surface area contributed by atoms with Gasteiger partial charge in [0.2, 0.25) is 0 Å². The molecule has 3 rings (SSSR count). The Morgan fingerprint density at radius 1 is 0.808 bits per heavy atom. The average molecular weight is 365 g/mol. The molecule has 0 radical (unpaired) electrons. The van der Waals surface area contributed by atoms with Gasteiger partial charge in [0, 0.05) is 32.2 Å². The Kier molecular flexibility index (Phi) is 7.44. The van der Waals surface area contributed by atoms with Crippen molar-refractivity contribution in [3.8, 4) is 0 Å². The molecule has 1 saturated heterocycles. The molecule has 3 aliphatic rings. The summed E-state index contributed by atoms with van der Waals surface area (Å²) in [4.78, 5) is 26.2. The monoisotopic (exact) mass is 364 g/mol. The van der Waals surface area contributed by atoms with Crippen LogP contribution in [0.3, 0.4) is 0 Å². The molecule has 0 aromatic heterocycles. The smallest absolute Gasteiger partial charge is 0.317 e. The third-order valence-electron chi connectivity index (χ3n) is 6.43. The molecule has 4 amide bonds. The zero-order chi connectivity index (χ0) is 18.2. The Bertz CT molecular complexity index is 465. The minimum Gasteiger partial charge on any atom is -0.338 e. The van der Waals surface area contributed by atoms with Crippen molar-refractivity contribution in [2.75, 3.05) is 26.2 Å². The molecule has 1 heterocycles. The van der Waals surface area contributed by atoms with E-state index in [0.29, 0.717) is 25.0 Å². The number of hydrogen-bond donors (Lipinski definition) is 3. The van der Waals surface area contributed by atoms with Gasteiger partial charge >= 0.3 is 12.1 Å². The first-order valence-corrected chi connectivity index (χ1v) is 10.8. The first kappa shape index (κ1) is 19.3. The molecule has 0 spiro atoms. The Morgan fingerprint density at radius 3 is 2.31 bits per heavy atom. The second-order valence-corrected chi connectivity index (χ2v) is 8.36. The summed E-state index contributed by atoms with van der Waals surface area (Å²) in [6, 6.07) is 0.342. The third kappa shape index (κ3) is 5.78. The highest BCUT2D eigenvalue weighted by molar-refractivity contribution is 5.74. The lowest BCUT2D eigenvalue weighted by molar-refractivity contribution is 0.102. The summed E-state index contributed by atoms with van der Waals surface area (Å²) in [6.45, 7) is 3.05. The SMILES string of the molecule is O=C(NCCCNC(=O)N1CCC2CCCCC2C1)NC1CCCCC1. The number of carbonyl (C=O) groups is 2. The van der Waals surface area contributed by atoms with Crippen LogP contribution >= 0.6 is 0 Å². The van der Waals surface area contributed by atoms with Crippen molar-refractivity contribution >= 4 is 12.1 Å². The number of likely N-dealkylation sites (tertiary alicyclic amines) is 1. The zero-order valence-electron chi connectivity index (χ0n) is 16.1. The number of rotatable bonds is 5. The van der Waals surface area contributed by atoms with Gasteiger partial charge in [-0.3, -0.25) is 0 Å². The van der Waals surface area contributed by atoms with Gasteiger partial charge in [0.1, 0.15) is 0 Å². The van der Waals surface area contributed by atoms with Crippen LogP contribution in [0.5, 0.6) is 0 Å². The van der Waals surface area contributed by atoms with E-state index in [1.54, 1.807) is 0 Å². The number of fused-ring (bicyclic) bond motifs is 1.